The van der Waals surface area contributed by atoms with Gasteiger partial charge in [0.25, 0.3) is 0 Å². The van der Waals surface area contributed by atoms with Gasteiger partial charge in [0.1, 0.15) is 5.82 Å². The molecule has 0 radical (unpaired) electrons. The van der Waals surface area contributed by atoms with Crippen molar-refractivity contribution in [3.63, 3.8) is 0 Å². The van der Waals surface area contributed by atoms with Crippen molar-refractivity contribution in [2.24, 2.45) is 11.7 Å². The number of aromatic nitrogens is 1. The van der Waals surface area contributed by atoms with Crippen molar-refractivity contribution in [1.29, 1.82) is 0 Å². The minimum Gasteiger partial charge on any atom is -0.370 e. The number of amides is 1. The van der Waals surface area contributed by atoms with Crippen LogP contribution in [-0.4, -0.2) is 30.5 Å². The van der Waals surface area contributed by atoms with Crippen LogP contribution in [0.1, 0.15) is 26.2 Å². The Morgan fingerprint density at radius 1 is 1.47 bits per heavy atom. The summed E-state index contributed by atoms with van der Waals surface area (Å²) in [6, 6.07) is 3.86. The summed E-state index contributed by atoms with van der Waals surface area (Å²) in [5.74, 6) is 1.32. The Kier molecular flexibility index (Phi) is 4.74. The molecule has 104 valence electrons. The van der Waals surface area contributed by atoms with Crippen molar-refractivity contribution in [3.8, 4) is 0 Å². The van der Waals surface area contributed by atoms with Crippen LogP contribution in [0.3, 0.4) is 0 Å². The summed E-state index contributed by atoms with van der Waals surface area (Å²) < 4.78 is 0. The maximum absolute atomic E-state index is 11.4. The average Bonchev–Trinajstić information content (AvgIpc) is 2.41. The van der Waals surface area contributed by atoms with Crippen LogP contribution in [0.4, 0.5) is 11.5 Å². The van der Waals surface area contributed by atoms with Crippen molar-refractivity contribution >= 4 is 17.4 Å². The van der Waals surface area contributed by atoms with Gasteiger partial charge in [-0.25, -0.2) is 4.98 Å². The zero-order valence-corrected chi connectivity index (χ0v) is 11.4. The zero-order chi connectivity index (χ0) is 13.7. The third kappa shape index (κ3) is 3.92. The number of hydrogen-bond donors (Lipinski definition) is 2. The summed E-state index contributed by atoms with van der Waals surface area (Å²) in [5, 5.41) is 2.73. The highest BCUT2D eigenvalue weighted by atomic mass is 16.1. The fourth-order valence-electron chi connectivity index (χ4n) is 2.25. The number of piperidine rings is 1. The summed E-state index contributed by atoms with van der Waals surface area (Å²) in [7, 11) is 0. The molecule has 1 aliphatic heterocycles. The topological polar surface area (TPSA) is 71.2 Å². The number of nitrogens with zero attached hydrogens (tertiary/aromatic N) is 2. The predicted molar refractivity (Wildman–Crippen MR) is 77.1 cm³/mol. The van der Waals surface area contributed by atoms with Gasteiger partial charge in [-0.1, -0.05) is 6.92 Å². The van der Waals surface area contributed by atoms with E-state index in [0.717, 1.165) is 24.7 Å². The van der Waals surface area contributed by atoms with Crippen LogP contribution in [0.25, 0.3) is 0 Å². The number of nitrogens with one attached hydrogen (secondary N) is 1. The Balaban J connectivity index is 1.92. The summed E-state index contributed by atoms with van der Waals surface area (Å²) in [6.07, 6.45) is 4.62. The van der Waals surface area contributed by atoms with Crippen molar-refractivity contribution in [2.75, 3.05) is 29.9 Å². The summed E-state index contributed by atoms with van der Waals surface area (Å²) in [4.78, 5) is 18.0. The number of rotatable bonds is 4. The molecule has 2 heterocycles. The summed E-state index contributed by atoms with van der Waals surface area (Å²) in [6.45, 7) is 4.82. The Morgan fingerprint density at radius 2 is 2.21 bits per heavy atom. The molecule has 0 atom stereocenters. The number of pyridine rings is 1. The van der Waals surface area contributed by atoms with Gasteiger partial charge in [0.15, 0.2) is 0 Å². The molecule has 5 nitrogen and oxygen atoms in total. The van der Waals surface area contributed by atoms with E-state index in [-0.39, 0.29) is 5.91 Å². The maximum Gasteiger partial charge on any atom is 0.226 e. The molecule has 1 fully saturated rings. The minimum atomic E-state index is -0.0884. The standard InChI is InChI=1S/C14H22N4O/c1-11-5-8-18(9-6-11)12-2-3-13(16-10-12)17-14(19)4-7-15/h2-3,10-11H,4-9,15H2,1H3,(H,16,17,19). The highest BCUT2D eigenvalue weighted by Gasteiger charge is 2.16. The van der Waals surface area contributed by atoms with E-state index in [4.69, 9.17) is 5.73 Å². The second-order valence-corrected chi connectivity index (χ2v) is 5.16. The molecule has 5 heteroatoms. The molecule has 1 aromatic heterocycles. The van der Waals surface area contributed by atoms with Gasteiger partial charge in [-0.05, 0) is 30.9 Å². The van der Waals surface area contributed by atoms with Crippen molar-refractivity contribution < 1.29 is 4.79 Å². The third-order valence-electron chi connectivity index (χ3n) is 3.54. The number of carbonyl (C=O) groups is 1. The van der Waals surface area contributed by atoms with E-state index in [0.29, 0.717) is 18.8 Å². The fraction of sp³-hybridized carbons (Fsp3) is 0.571. The lowest BCUT2D eigenvalue weighted by Crippen LogP contribution is -2.32. The first-order valence-corrected chi connectivity index (χ1v) is 6.90. The van der Waals surface area contributed by atoms with Gasteiger partial charge in [-0.15, -0.1) is 0 Å². The molecular formula is C14H22N4O. The molecule has 0 unspecified atom stereocenters. The molecule has 1 saturated heterocycles. The lowest BCUT2D eigenvalue weighted by Gasteiger charge is -2.31. The number of carbonyl (C=O) groups excluding carboxylic acids is 1. The van der Waals surface area contributed by atoms with Gasteiger partial charge in [0.2, 0.25) is 5.91 Å². The second kappa shape index (κ2) is 6.52. The average molecular weight is 262 g/mol. The van der Waals surface area contributed by atoms with Crippen LogP contribution in [0.15, 0.2) is 18.3 Å². The molecular weight excluding hydrogens is 240 g/mol. The first-order valence-electron chi connectivity index (χ1n) is 6.90. The predicted octanol–water partition coefficient (Wildman–Crippen LogP) is 1.61. The van der Waals surface area contributed by atoms with Crippen molar-refractivity contribution in [2.45, 2.75) is 26.2 Å². The first kappa shape index (κ1) is 13.8. The lowest BCUT2D eigenvalue weighted by atomic mass is 9.99. The Hall–Kier alpha value is -1.62. The van der Waals surface area contributed by atoms with E-state index in [1.54, 1.807) is 0 Å². The van der Waals surface area contributed by atoms with Gasteiger partial charge in [0.05, 0.1) is 11.9 Å². The van der Waals surface area contributed by atoms with E-state index in [2.05, 4.69) is 22.1 Å². The molecule has 1 amide bonds. The van der Waals surface area contributed by atoms with Crippen LogP contribution >= 0.6 is 0 Å². The molecule has 2 rings (SSSR count). The van der Waals surface area contributed by atoms with E-state index in [1.807, 2.05) is 18.3 Å². The molecule has 0 saturated carbocycles. The lowest BCUT2D eigenvalue weighted by molar-refractivity contribution is -0.116. The molecule has 3 N–H and O–H groups in total. The molecule has 0 bridgehead atoms. The van der Waals surface area contributed by atoms with E-state index in [1.165, 1.54) is 12.8 Å². The van der Waals surface area contributed by atoms with Gasteiger partial charge in [-0.3, -0.25) is 4.79 Å². The number of nitrogens with two attached hydrogens (primary N) is 1. The van der Waals surface area contributed by atoms with Crippen molar-refractivity contribution in [1.82, 2.24) is 4.98 Å². The van der Waals surface area contributed by atoms with Crippen LogP contribution in [0, 0.1) is 5.92 Å². The SMILES string of the molecule is CC1CCN(c2ccc(NC(=O)CCN)nc2)CC1. The highest BCUT2D eigenvalue weighted by Crippen LogP contribution is 2.22. The van der Waals surface area contributed by atoms with Gasteiger partial charge in [-0.2, -0.15) is 0 Å². The summed E-state index contributed by atoms with van der Waals surface area (Å²) in [5.41, 5.74) is 6.46. The molecule has 0 spiro atoms. The molecule has 0 aliphatic carbocycles. The number of anilines is 2. The van der Waals surface area contributed by atoms with Gasteiger partial charge < -0.3 is 16.0 Å². The smallest absolute Gasteiger partial charge is 0.226 e. The zero-order valence-electron chi connectivity index (χ0n) is 11.4. The third-order valence-corrected chi connectivity index (χ3v) is 3.54. The Bertz CT molecular complexity index is 410. The monoisotopic (exact) mass is 262 g/mol. The Labute approximate surface area is 114 Å². The fourth-order valence-corrected chi connectivity index (χ4v) is 2.25. The van der Waals surface area contributed by atoms with Crippen LogP contribution in [0.2, 0.25) is 0 Å². The number of hydrogen-bond acceptors (Lipinski definition) is 4. The quantitative estimate of drug-likeness (QED) is 0.864. The van der Waals surface area contributed by atoms with Crippen molar-refractivity contribution in [3.05, 3.63) is 18.3 Å². The van der Waals surface area contributed by atoms with Crippen LogP contribution < -0.4 is 16.0 Å². The molecule has 19 heavy (non-hydrogen) atoms. The van der Waals surface area contributed by atoms with Crippen LogP contribution in [0.5, 0.6) is 0 Å². The first-order chi connectivity index (χ1) is 9.19. The normalized spacial score (nSPS) is 16.4. The molecule has 1 aromatic rings. The maximum atomic E-state index is 11.4. The molecule has 1 aliphatic rings. The van der Waals surface area contributed by atoms with E-state index in [9.17, 15) is 4.79 Å². The minimum absolute atomic E-state index is 0.0884. The second-order valence-electron chi connectivity index (χ2n) is 5.16. The highest BCUT2D eigenvalue weighted by molar-refractivity contribution is 5.89. The van der Waals surface area contributed by atoms with Gasteiger partial charge in [0, 0.05) is 26.1 Å². The van der Waals surface area contributed by atoms with E-state index < -0.39 is 0 Å². The Morgan fingerprint density at radius 3 is 2.79 bits per heavy atom. The largest absolute Gasteiger partial charge is 0.370 e. The summed E-state index contributed by atoms with van der Waals surface area (Å²) >= 11 is 0. The van der Waals surface area contributed by atoms with E-state index >= 15 is 0 Å². The van der Waals surface area contributed by atoms with Crippen LogP contribution in [-0.2, 0) is 4.79 Å². The van der Waals surface area contributed by atoms with Gasteiger partial charge >= 0.3 is 0 Å². The molecule has 0 aromatic carbocycles.